The average Bonchev–Trinajstić information content (AvgIpc) is 1.83. The molecule has 0 aliphatic rings. The Balaban J connectivity index is 1.28. The number of fused-ring (bicyclic) bond motifs is 3. The van der Waals surface area contributed by atoms with Gasteiger partial charge in [-0.3, -0.25) is 48.3 Å². The topological polar surface area (TPSA) is 498 Å². The molecule has 29 nitrogen and oxygen atoms in total. The van der Waals surface area contributed by atoms with E-state index in [1.54, 1.807) is 39.4 Å². The minimum absolute atomic E-state index is 0.0327. The van der Waals surface area contributed by atoms with E-state index < -0.39 is 119 Å². The maximum atomic E-state index is 15.2. The van der Waals surface area contributed by atoms with Gasteiger partial charge in [0.1, 0.15) is 48.3 Å². The zero-order valence-electron chi connectivity index (χ0n) is 56.2. The lowest BCUT2D eigenvalue weighted by Gasteiger charge is -2.30. The highest BCUT2D eigenvalue weighted by molar-refractivity contribution is 5.99. The lowest BCUT2D eigenvalue weighted by molar-refractivity contribution is -0.142. The van der Waals surface area contributed by atoms with Crippen molar-refractivity contribution in [2.75, 3.05) is 19.6 Å². The van der Waals surface area contributed by atoms with Crippen LogP contribution in [0.5, 0.6) is 0 Å². The van der Waals surface area contributed by atoms with Gasteiger partial charge in [-0.2, -0.15) is 0 Å². The molecule has 3 heterocycles. The van der Waals surface area contributed by atoms with Crippen LogP contribution < -0.4 is 76.9 Å². The van der Waals surface area contributed by atoms with Crippen molar-refractivity contribution >= 4 is 97.9 Å². The number of aliphatic imine (C=N–C) groups is 2. The number of carboxylic acids is 1. The highest BCUT2D eigenvalue weighted by Gasteiger charge is 2.38. The summed E-state index contributed by atoms with van der Waals surface area (Å²) in [4.78, 5) is 147. The van der Waals surface area contributed by atoms with Crippen molar-refractivity contribution in [2.24, 2.45) is 62.1 Å². The number of rotatable bonds is 40. The standard InChI is InChI=1S/C68H99N19O10/c1-7-39(6)57(87-63(93)55(33-42-36-79-49-23-13-10-20-45(42)49)84-64(94)56(38(4)5)86-62(92)53(30-37(2)3)83-58(88)46(70)31-40-34-77-47-21-11-8-18-43(40)47)65(95)85-54(32-41-35-78-48-22-12-9-19-44(41)48)61(91)81-51(25-16-28-75-67(71)72)59(89)80-50(24-14-15-27-69)60(90)82-52(66(96)97)26-17-29-76-68(73)74/h8-13,18-23,34-39,46,50-57,77-79H,7,14-17,24-33,69-70H2,1-6H3,(H,80,89)(H,81,91)(H,82,90)(H,83,88)(H,84,94)(H,85,95)(H,86,92)(H,87,93)(H,96,97)(H4,71,72,75)(H4,73,74,76)/t39-,46-,50-,51-,52-,53-,54-,55-,56-,57-/m0/s1. The van der Waals surface area contributed by atoms with E-state index >= 15 is 14.4 Å². The van der Waals surface area contributed by atoms with Crippen LogP contribution in [0.25, 0.3) is 32.7 Å². The van der Waals surface area contributed by atoms with E-state index in [9.17, 15) is 33.9 Å². The average molecular weight is 1340 g/mol. The first-order chi connectivity index (χ1) is 46.3. The van der Waals surface area contributed by atoms with Crippen LogP contribution >= 0.6 is 0 Å². The van der Waals surface area contributed by atoms with Gasteiger partial charge in [0.05, 0.1) is 6.04 Å². The number of H-pyrrole nitrogens is 3. The van der Waals surface area contributed by atoms with Gasteiger partial charge in [0.15, 0.2) is 11.9 Å². The zero-order valence-corrected chi connectivity index (χ0v) is 56.2. The Kier molecular flexibility index (Phi) is 29.2. The quantitative estimate of drug-likeness (QED) is 0.0147. The van der Waals surface area contributed by atoms with Crippen LogP contribution in [-0.4, -0.2) is 159 Å². The first kappa shape index (κ1) is 76.0. The number of aromatic nitrogens is 3. The molecule has 0 bridgehead atoms. The molecule has 0 saturated heterocycles. The van der Waals surface area contributed by atoms with Gasteiger partial charge in [-0.05, 0) is 117 Å². The number of carbonyl (C=O) groups is 9. The van der Waals surface area contributed by atoms with Gasteiger partial charge in [-0.1, -0.05) is 103 Å². The smallest absolute Gasteiger partial charge is 0.326 e. The fourth-order valence-corrected chi connectivity index (χ4v) is 11.5. The molecule has 0 aliphatic heterocycles. The molecule has 0 fully saturated rings. The molecule has 3 aromatic carbocycles. The molecule has 6 rings (SSSR count). The lowest BCUT2D eigenvalue weighted by Crippen LogP contribution is -2.62. The van der Waals surface area contributed by atoms with E-state index in [1.807, 2.05) is 93.6 Å². The Hall–Kier alpha value is -10.0. The molecule has 97 heavy (non-hydrogen) atoms. The van der Waals surface area contributed by atoms with Crippen molar-refractivity contribution in [2.45, 2.75) is 173 Å². The molecule has 24 N–H and O–H groups in total. The summed E-state index contributed by atoms with van der Waals surface area (Å²) in [7, 11) is 0. The van der Waals surface area contributed by atoms with Crippen molar-refractivity contribution < 1.29 is 48.3 Å². The SMILES string of the molecule is CC[C@H](C)[C@H](NC(=O)[C@H](Cc1c[nH]c2ccccc12)NC(=O)[C@@H](NC(=O)[C@H](CC(C)C)NC(=O)[C@@H](N)Cc1c[nH]c2ccccc12)C(C)C)C(=O)N[C@@H](Cc1c[nH]c2ccccc12)C(=O)N[C@@H](CCCN=C(N)N)C(=O)N[C@@H](CCCCN)C(=O)N[C@@H](CCCN=C(N)N)C(=O)O. The summed E-state index contributed by atoms with van der Waals surface area (Å²) < 4.78 is 0. The fraction of sp³-hybridized carbons (Fsp3) is 0.485. The van der Waals surface area contributed by atoms with Gasteiger partial charge in [-0.15, -0.1) is 0 Å². The first-order valence-electron chi connectivity index (χ1n) is 33.2. The number of hydrogen-bond donors (Lipinski definition) is 18. The summed E-state index contributed by atoms with van der Waals surface area (Å²) in [6, 6.07) is 10.7. The summed E-state index contributed by atoms with van der Waals surface area (Å²) >= 11 is 0. The number of nitrogens with zero attached hydrogens (tertiary/aromatic N) is 2. The van der Waals surface area contributed by atoms with Crippen LogP contribution in [0.2, 0.25) is 0 Å². The Morgan fingerprint density at radius 1 is 0.454 bits per heavy atom. The summed E-state index contributed by atoms with van der Waals surface area (Å²) in [5.74, 6) is -8.94. The molecule has 8 amide bonds. The Bertz CT molecular complexity index is 3700. The number of carbonyl (C=O) groups excluding carboxylic acids is 8. The number of aliphatic carboxylic acids is 1. The molecule has 0 saturated carbocycles. The zero-order chi connectivity index (χ0) is 70.9. The monoisotopic (exact) mass is 1340 g/mol. The fourth-order valence-electron chi connectivity index (χ4n) is 11.5. The number of aromatic amines is 3. The summed E-state index contributed by atoms with van der Waals surface area (Å²) in [5.41, 5.74) is 38.8. The molecule has 0 unspecified atom stereocenters. The van der Waals surface area contributed by atoms with Gasteiger partial charge in [-0.25, -0.2) is 4.79 Å². The largest absolute Gasteiger partial charge is 0.480 e. The number of amides is 8. The van der Waals surface area contributed by atoms with E-state index in [4.69, 9.17) is 34.4 Å². The minimum atomic E-state index is -1.45. The third-order valence-electron chi connectivity index (χ3n) is 17.0. The first-order valence-corrected chi connectivity index (χ1v) is 33.2. The number of hydrogen-bond acceptors (Lipinski definition) is 13. The molecule has 6 aromatic rings. The molecule has 29 heteroatoms. The van der Waals surface area contributed by atoms with E-state index in [-0.39, 0.29) is 95.3 Å². The van der Waals surface area contributed by atoms with Crippen molar-refractivity contribution in [3.8, 4) is 0 Å². The number of benzene rings is 3. The molecular formula is C68H99N19O10. The van der Waals surface area contributed by atoms with Crippen molar-refractivity contribution in [1.82, 2.24) is 57.5 Å². The van der Waals surface area contributed by atoms with E-state index in [0.29, 0.717) is 30.4 Å². The summed E-state index contributed by atoms with van der Waals surface area (Å²) in [6.07, 6.45) is 6.74. The van der Waals surface area contributed by atoms with Crippen molar-refractivity contribution in [3.63, 3.8) is 0 Å². The second kappa shape index (κ2) is 37.3. The Labute approximate surface area is 564 Å². The summed E-state index contributed by atoms with van der Waals surface area (Å²) in [5, 5.41) is 34.9. The van der Waals surface area contributed by atoms with Crippen LogP contribution in [0.3, 0.4) is 0 Å². The highest BCUT2D eigenvalue weighted by atomic mass is 16.4. The molecule has 526 valence electrons. The number of nitrogens with one attached hydrogen (secondary N) is 11. The van der Waals surface area contributed by atoms with Gasteiger partial charge >= 0.3 is 5.97 Å². The number of guanidine groups is 2. The number of unbranched alkanes of at least 4 members (excludes halogenated alkanes) is 1. The molecule has 3 aromatic heterocycles. The highest BCUT2D eigenvalue weighted by Crippen LogP contribution is 2.24. The van der Waals surface area contributed by atoms with Crippen LogP contribution in [0, 0.1) is 17.8 Å². The third-order valence-corrected chi connectivity index (χ3v) is 17.0. The second-order valence-corrected chi connectivity index (χ2v) is 25.4. The van der Waals surface area contributed by atoms with Crippen molar-refractivity contribution in [1.29, 1.82) is 0 Å². The summed E-state index contributed by atoms with van der Waals surface area (Å²) in [6.45, 7) is 11.2. The van der Waals surface area contributed by atoms with Gasteiger partial charge in [0.25, 0.3) is 0 Å². The maximum Gasteiger partial charge on any atom is 0.326 e. The van der Waals surface area contributed by atoms with Crippen LogP contribution in [0.1, 0.15) is 116 Å². The van der Waals surface area contributed by atoms with E-state index in [2.05, 4.69) is 67.5 Å². The normalized spacial score (nSPS) is 14.5. The van der Waals surface area contributed by atoms with E-state index in [1.165, 1.54) is 0 Å². The number of nitrogens with two attached hydrogens (primary N) is 6. The van der Waals surface area contributed by atoms with Crippen molar-refractivity contribution in [3.05, 3.63) is 108 Å². The van der Waals surface area contributed by atoms with Crippen LogP contribution in [0.15, 0.2) is 101 Å². The molecule has 0 spiro atoms. The Morgan fingerprint density at radius 2 is 0.825 bits per heavy atom. The van der Waals surface area contributed by atoms with Gasteiger partial charge < -0.3 is 97.0 Å². The molecule has 0 aliphatic carbocycles. The number of para-hydroxylation sites is 3. The predicted molar refractivity (Wildman–Crippen MR) is 374 cm³/mol. The molecule has 0 radical (unpaired) electrons. The van der Waals surface area contributed by atoms with Crippen LogP contribution in [0.4, 0.5) is 0 Å². The second-order valence-electron chi connectivity index (χ2n) is 25.4. The van der Waals surface area contributed by atoms with Gasteiger partial charge in [0.2, 0.25) is 47.3 Å². The lowest BCUT2D eigenvalue weighted by atomic mass is 9.95. The van der Waals surface area contributed by atoms with E-state index in [0.717, 1.165) is 38.3 Å². The minimum Gasteiger partial charge on any atom is -0.480 e. The maximum absolute atomic E-state index is 15.2. The Morgan fingerprint density at radius 3 is 1.26 bits per heavy atom. The van der Waals surface area contributed by atoms with Gasteiger partial charge in [0, 0.05) is 77.2 Å². The number of carboxylic acid groups (broad SMARTS) is 1. The predicted octanol–water partition coefficient (Wildman–Crippen LogP) is 1.43. The molecule has 10 atom stereocenters. The third kappa shape index (κ3) is 22.8. The molecular weight excluding hydrogens is 1240 g/mol. The van der Waals surface area contributed by atoms with Crippen LogP contribution in [-0.2, 0) is 62.4 Å².